The van der Waals surface area contributed by atoms with Crippen molar-refractivity contribution in [1.29, 1.82) is 0 Å². The molecule has 1 saturated carbocycles. The summed E-state index contributed by atoms with van der Waals surface area (Å²) in [5.41, 5.74) is 2.95. The van der Waals surface area contributed by atoms with Crippen LogP contribution in [0.25, 0.3) is 0 Å². The fourth-order valence-corrected chi connectivity index (χ4v) is 6.10. The lowest BCUT2D eigenvalue weighted by Crippen LogP contribution is -2.50. The maximum atomic E-state index is 14.5. The summed E-state index contributed by atoms with van der Waals surface area (Å²) in [4.78, 5) is 32.5. The summed E-state index contributed by atoms with van der Waals surface area (Å²) in [6.07, 6.45) is 7.01. The minimum Gasteiger partial charge on any atom is -0.490 e. The molecule has 2 aliphatic heterocycles. The molecule has 8 heteroatoms. The molecule has 2 aromatic carbocycles. The van der Waals surface area contributed by atoms with Crippen LogP contribution >= 0.6 is 0 Å². The van der Waals surface area contributed by atoms with Crippen LogP contribution < -0.4 is 15.0 Å². The van der Waals surface area contributed by atoms with Crippen molar-refractivity contribution in [2.45, 2.75) is 64.4 Å². The molecule has 2 heterocycles. The van der Waals surface area contributed by atoms with Crippen molar-refractivity contribution in [3.05, 3.63) is 58.9 Å². The van der Waals surface area contributed by atoms with Gasteiger partial charge in [0.1, 0.15) is 11.6 Å². The second kappa shape index (κ2) is 13.0. The van der Waals surface area contributed by atoms with E-state index in [1.807, 2.05) is 17.0 Å². The van der Waals surface area contributed by atoms with E-state index in [1.54, 1.807) is 11.0 Å². The number of nitrogens with zero attached hydrogens (tertiary/aromatic N) is 3. The molecule has 0 bridgehead atoms. The molecule has 2 amide bonds. The number of carbonyl (C=O) groups excluding carboxylic acids is 2. The van der Waals surface area contributed by atoms with Gasteiger partial charge in [-0.2, -0.15) is 0 Å². The molecule has 0 aromatic heterocycles. The van der Waals surface area contributed by atoms with Crippen LogP contribution in [0.15, 0.2) is 36.4 Å². The van der Waals surface area contributed by atoms with Crippen LogP contribution in [0.5, 0.6) is 5.75 Å². The lowest BCUT2D eigenvalue weighted by molar-refractivity contribution is 0.0535. The Kier molecular flexibility index (Phi) is 9.25. The number of hydrogen-bond donors (Lipinski definition) is 1. The number of anilines is 1. The molecule has 0 radical (unpaired) electrons. The first kappa shape index (κ1) is 28.4. The van der Waals surface area contributed by atoms with E-state index >= 15 is 0 Å². The van der Waals surface area contributed by atoms with E-state index < -0.39 is 5.82 Å². The Balaban J connectivity index is 1.25. The number of halogens is 1. The van der Waals surface area contributed by atoms with Gasteiger partial charge in [-0.15, -0.1) is 0 Å². The molecule has 216 valence electrons. The Morgan fingerprint density at radius 1 is 0.900 bits per heavy atom. The monoisotopic (exact) mass is 550 g/mol. The zero-order chi connectivity index (χ0) is 28.1. The van der Waals surface area contributed by atoms with Crippen molar-refractivity contribution in [3.8, 4) is 5.75 Å². The fourth-order valence-electron chi connectivity index (χ4n) is 6.10. The van der Waals surface area contributed by atoms with Crippen molar-refractivity contribution in [2.75, 3.05) is 57.3 Å². The molecule has 40 heavy (non-hydrogen) atoms. The summed E-state index contributed by atoms with van der Waals surface area (Å²) >= 11 is 0. The Morgan fingerprint density at radius 2 is 1.55 bits per heavy atom. The van der Waals surface area contributed by atoms with Crippen LogP contribution in [-0.4, -0.2) is 80.1 Å². The number of hydrogen-bond acceptors (Lipinski definition) is 5. The average Bonchev–Trinajstić information content (AvgIpc) is 3.01. The van der Waals surface area contributed by atoms with E-state index in [0.29, 0.717) is 43.2 Å². The molecule has 1 aliphatic carbocycles. The van der Waals surface area contributed by atoms with Crippen molar-refractivity contribution < 1.29 is 18.7 Å². The first-order valence-corrected chi connectivity index (χ1v) is 15.1. The summed E-state index contributed by atoms with van der Waals surface area (Å²) in [7, 11) is 0. The van der Waals surface area contributed by atoms with Gasteiger partial charge in [-0.1, -0.05) is 26.2 Å². The van der Waals surface area contributed by atoms with E-state index in [0.717, 1.165) is 62.4 Å². The minimum absolute atomic E-state index is 0.00834. The Morgan fingerprint density at radius 3 is 2.20 bits per heavy atom. The first-order chi connectivity index (χ1) is 19.4. The topological polar surface area (TPSA) is 65.1 Å². The molecular weight excluding hydrogens is 507 g/mol. The van der Waals surface area contributed by atoms with Crippen LogP contribution in [0.2, 0.25) is 0 Å². The standard InChI is InChI=1S/C32H43FN4O3/c1-3-23(2)40-30-10-9-25(21-29(30)24-7-5-4-6-8-24)31(38)36-15-17-37(18-16-36)32(39)26-19-27(33)22-28(20-26)35-13-11-34-12-14-35/h9-10,19-24,34H,3-8,11-18H2,1-2H3/t23-/m1/s1. The molecule has 0 unspecified atom stereocenters. The smallest absolute Gasteiger partial charge is 0.254 e. The normalized spacial score (nSPS) is 19.4. The minimum atomic E-state index is -0.400. The van der Waals surface area contributed by atoms with Gasteiger partial charge in [0.25, 0.3) is 11.8 Å². The number of nitrogens with one attached hydrogen (secondary N) is 1. The van der Waals surface area contributed by atoms with Gasteiger partial charge in [0.2, 0.25) is 0 Å². The summed E-state index contributed by atoms with van der Waals surface area (Å²) < 4.78 is 20.7. The predicted molar refractivity (Wildman–Crippen MR) is 156 cm³/mol. The molecule has 3 aliphatic rings. The average molecular weight is 551 g/mol. The van der Waals surface area contributed by atoms with Crippen molar-refractivity contribution >= 4 is 17.5 Å². The maximum Gasteiger partial charge on any atom is 0.254 e. The van der Waals surface area contributed by atoms with Gasteiger partial charge in [0, 0.05) is 69.2 Å². The fraction of sp³-hybridized carbons (Fsp3) is 0.562. The Labute approximate surface area is 237 Å². The van der Waals surface area contributed by atoms with Crippen molar-refractivity contribution in [2.24, 2.45) is 0 Å². The van der Waals surface area contributed by atoms with E-state index in [1.165, 1.54) is 31.4 Å². The molecular formula is C32H43FN4O3. The van der Waals surface area contributed by atoms with Crippen LogP contribution in [0, 0.1) is 5.82 Å². The highest BCUT2D eigenvalue weighted by Crippen LogP contribution is 2.38. The van der Waals surface area contributed by atoms with Gasteiger partial charge in [-0.05, 0) is 74.1 Å². The van der Waals surface area contributed by atoms with Crippen LogP contribution in [-0.2, 0) is 0 Å². The van der Waals surface area contributed by atoms with E-state index in [2.05, 4.69) is 30.1 Å². The van der Waals surface area contributed by atoms with Crippen LogP contribution in [0.3, 0.4) is 0 Å². The van der Waals surface area contributed by atoms with Gasteiger partial charge in [0.05, 0.1) is 6.10 Å². The second-order valence-electron chi connectivity index (χ2n) is 11.4. The highest BCUT2D eigenvalue weighted by atomic mass is 19.1. The molecule has 2 aromatic rings. The van der Waals surface area contributed by atoms with Gasteiger partial charge in [-0.3, -0.25) is 9.59 Å². The quantitative estimate of drug-likeness (QED) is 0.522. The molecule has 1 N–H and O–H groups in total. The van der Waals surface area contributed by atoms with E-state index in [9.17, 15) is 14.0 Å². The zero-order valence-corrected chi connectivity index (χ0v) is 24.0. The second-order valence-corrected chi connectivity index (χ2v) is 11.4. The summed E-state index contributed by atoms with van der Waals surface area (Å²) in [5.74, 6) is 0.735. The van der Waals surface area contributed by atoms with Gasteiger partial charge >= 0.3 is 0 Å². The third kappa shape index (κ3) is 6.60. The zero-order valence-electron chi connectivity index (χ0n) is 24.0. The molecule has 7 nitrogen and oxygen atoms in total. The molecule has 1 atom stereocenters. The number of ether oxygens (including phenoxy) is 1. The first-order valence-electron chi connectivity index (χ1n) is 15.1. The predicted octanol–water partition coefficient (Wildman–Crippen LogP) is 5.06. The molecule has 0 spiro atoms. The summed E-state index contributed by atoms with van der Waals surface area (Å²) in [6.45, 7) is 9.20. The number of carbonyl (C=O) groups is 2. The molecule has 2 saturated heterocycles. The summed E-state index contributed by atoms with van der Waals surface area (Å²) in [5, 5.41) is 3.30. The molecule has 3 fully saturated rings. The largest absolute Gasteiger partial charge is 0.490 e. The van der Waals surface area contributed by atoms with E-state index in [-0.39, 0.29) is 17.9 Å². The SMILES string of the molecule is CC[C@@H](C)Oc1ccc(C(=O)N2CCN(C(=O)c3cc(F)cc(N4CCNCC4)c3)CC2)cc1C1CCCCC1. The highest BCUT2D eigenvalue weighted by molar-refractivity contribution is 5.96. The van der Waals surface area contributed by atoms with Crippen LogP contribution in [0.1, 0.15) is 84.6 Å². The highest BCUT2D eigenvalue weighted by Gasteiger charge is 2.28. The number of amides is 2. The van der Waals surface area contributed by atoms with E-state index in [4.69, 9.17) is 4.74 Å². The number of benzene rings is 2. The Bertz CT molecular complexity index is 1180. The number of piperazine rings is 2. The summed E-state index contributed by atoms with van der Waals surface area (Å²) in [6, 6.07) is 10.5. The van der Waals surface area contributed by atoms with Gasteiger partial charge in [-0.25, -0.2) is 4.39 Å². The maximum absolute atomic E-state index is 14.5. The van der Waals surface area contributed by atoms with Gasteiger partial charge < -0.3 is 24.8 Å². The van der Waals surface area contributed by atoms with Crippen molar-refractivity contribution in [1.82, 2.24) is 15.1 Å². The van der Waals surface area contributed by atoms with Crippen molar-refractivity contribution in [3.63, 3.8) is 0 Å². The number of rotatable bonds is 7. The van der Waals surface area contributed by atoms with Gasteiger partial charge in [0.15, 0.2) is 0 Å². The third-order valence-corrected chi connectivity index (χ3v) is 8.67. The lowest BCUT2D eigenvalue weighted by atomic mass is 9.83. The van der Waals surface area contributed by atoms with Crippen LogP contribution in [0.4, 0.5) is 10.1 Å². The Hall–Kier alpha value is -3.13. The molecule has 5 rings (SSSR count). The third-order valence-electron chi connectivity index (χ3n) is 8.67. The lowest BCUT2D eigenvalue weighted by Gasteiger charge is -2.35.